The molecule has 774 valence electrons. The largest absolute Gasteiger partial charge is 0.496 e. The van der Waals surface area contributed by atoms with Crippen LogP contribution in [-0.2, 0) is 115 Å². The summed E-state index contributed by atoms with van der Waals surface area (Å²) in [4.78, 5) is 218. The van der Waals surface area contributed by atoms with Gasteiger partial charge in [0.15, 0.2) is 11.8 Å². The molecule has 12 rings (SSSR count). The Kier molecular flexibility index (Phi) is 44.3. The number of nitrogens with two attached hydrogens (primary N) is 1. The number of nitrogens with one attached hydrogen (secondary N) is 8. The third-order valence-electron chi connectivity index (χ3n) is 26.9. The number of hydrogen-bond donors (Lipinski definition) is 15. The quantitative estimate of drug-likeness (QED) is 0.00365. The van der Waals surface area contributed by atoms with Gasteiger partial charge in [-0.05, 0) is 136 Å². The number of aliphatic hydroxyl groups is 3. The van der Waals surface area contributed by atoms with Crippen molar-refractivity contribution in [2.45, 2.75) is 196 Å². The van der Waals surface area contributed by atoms with Crippen LogP contribution in [0.15, 0.2) is 95.8 Å². The minimum atomic E-state index is -2.30. The number of benzene rings is 4. The lowest BCUT2D eigenvalue weighted by molar-refractivity contribution is -0.221. The third-order valence-corrected chi connectivity index (χ3v) is 31.7. The first-order chi connectivity index (χ1) is 68.3. The van der Waals surface area contributed by atoms with Gasteiger partial charge in [-0.15, -0.1) is 12.0 Å². The van der Waals surface area contributed by atoms with Gasteiger partial charge in [-0.1, -0.05) is 120 Å². The highest BCUT2D eigenvalue weighted by Gasteiger charge is 2.79. The van der Waals surface area contributed by atoms with Gasteiger partial charge in [-0.2, -0.15) is 28.8 Å². The Hall–Kier alpha value is -12.1. The zero-order chi connectivity index (χ0) is 105. The van der Waals surface area contributed by atoms with Crippen LogP contribution in [0, 0.1) is 35.5 Å². The molecule has 6 aliphatic rings. The minimum Gasteiger partial charge on any atom is -0.496 e. The molecule has 1 aliphatic carbocycles. The molecule has 16 atom stereocenters. The molecule has 7 heterocycles. The number of nitrogen functional groups attached to an aromatic ring is 1. The number of fused-ring (bicyclic) bond motifs is 7. The van der Waals surface area contributed by atoms with E-state index < -0.39 is 123 Å². The monoisotopic (exact) mass is 2060 g/mol. The number of carboxylic acids is 2. The summed E-state index contributed by atoms with van der Waals surface area (Å²) in [5, 5.41) is 79.7. The number of esters is 2. The minimum absolute atomic E-state index is 0.0103. The Balaban J connectivity index is 0.000000324. The van der Waals surface area contributed by atoms with E-state index in [1.165, 1.54) is 69.2 Å². The van der Waals surface area contributed by atoms with Gasteiger partial charge in [0.25, 0.3) is 17.9 Å². The number of aliphatic hydroxyl groups excluding tert-OH is 1. The maximum Gasteiger partial charge on any atom is 0.373 e. The number of Topliss-reactive ketones (excluding diaryl/α,β-unsaturated/α-hetero) is 2. The lowest BCUT2D eigenvalue weighted by Crippen LogP contribution is -2.84. The fraction of sp³-hybridized carbons (Fsp3) is 0.526. The summed E-state index contributed by atoms with van der Waals surface area (Å²) < 4.78 is 23.6. The molecular formula is C97H124N14O28S4. The topological polar surface area (TPSA) is 621 Å². The van der Waals surface area contributed by atoms with Crippen molar-refractivity contribution in [2.75, 3.05) is 119 Å². The predicted molar refractivity (Wildman–Crippen MR) is 527 cm³/mol. The normalized spacial score (nSPS) is 22.5. The number of likely N-dealkylation sites (N-methyl/N-ethyl adjacent to an activating group) is 1. The predicted octanol–water partition coefficient (Wildman–Crippen LogP) is 4.51. The molecule has 2 aromatic heterocycles. The number of piperidine rings is 1. The number of para-hydroxylation sites is 1. The molecule has 2 saturated heterocycles. The van der Waals surface area contributed by atoms with Crippen molar-refractivity contribution >= 4 is 166 Å². The van der Waals surface area contributed by atoms with E-state index in [1.807, 2.05) is 66.6 Å². The standard InChI is InChI=1S/C50H69N7O10S2.C44H55N7O12S2.3CO2/c1-6-46(62)25-31-26-48(29-66-30-58,40-33(13-18-56(27-31)28-46)32-11-8-9-12-36(32)52-40)35-23-34-37(24-38(35)65-5)55(4)44-49(34)16-19-57-17-10-15-47(7-2,43(49)57)45(61)50(44,63)41(53-54-64)42(60)67-20-22-69-68-21-14-39(59)51-3;1-6-17-51(24-28-8-13-34-32(23-28)41(58)50-44(45)49-34)30-11-9-29(10-12-30)40(57)48-35(43(61)62)14-15-37(54)63-18-20-65-64-19-16-31(52)21-25(3)38(55)46-27(5)36(53)22-26(4)39(56)47-33(7-2)42(59)60;3*2-1-3/h8-12,15,23-24,30-31,41,43-45,52-54,61-64H,6-7,13-14,16-22,25-29H2,1-5H3,(H,51,59);1,8-13,23,25-27,33,35H,7,14-22,24H2,2-5H3,(H,46,55)(H,47,56)(H,48,57)(H,59,60)(H,61,62)(H3,45,49,50,58);;;/t31?,41-,43+,44-,45-,46+,47-,48+,49-,50+;25-,26-,27+,33+,35?;;;/m11.../s1. The highest BCUT2D eigenvalue weighted by atomic mass is 33.1. The van der Waals surface area contributed by atoms with Crippen LogP contribution < -0.4 is 58.1 Å². The summed E-state index contributed by atoms with van der Waals surface area (Å²) in [7, 11) is 10.8. The van der Waals surface area contributed by atoms with E-state index in [-0.39, 0.29) is 124 Å². The molecule has 2 bridgehead atoms. The fourth-order valence-electron chi connectivity index (χ4n) is 20.5. The average Bonchev–Trinajstić information content (AvgIpc) is 1.48. The van der Waals surface area contributed by atoms with Gasteiger partial charge in [-0.25, -0.2) is 20.0 Å². The molecule has 4 aromatic carbocycles. The van der Waals surface area contributed by atoms with Gasteiger partial charge < -0.3 is 91.5 Å². The molecule has 46 heteroatoms. The maximum absolute atomic E-state index is 14.6. The smallest absolute Gasteiger partial charge is 0.373 e. The van der Waals surface area contributed by atoms with Gasteiger partial charge in [-0.3, -0.25) is 62.7 Å². The van der Waals surface area contributed by atoms with Crippen LogP contribution in [0.4, 0.5) is 17.3 Å². The molecule has 3 fully saturated rings. The van der Waals surface area contributed by atoms with Gasteiger partial charge in [0.1, 0.15) is 49.0 Å². The molecule has 4 amide bonds. The van der Waals surface area contributed by atoms with Crippen LogP contribution in [0.3, 0.4) is 0 Å². The van der Waals surface area contributed by atoms with E-state index in [0.29, 0.717) is 123 Å². The van der Waals surface area contributed by atoms with E-state index in [9.17, 15) is 83.2 Å². The van der Waals surface area contributed by atoms with Crippen molar-refractivity contribution in [1.29, 1.82) is 0 Å². The average molecular weight is 2060 g/mol. The second-order valence-electron chi connectivity index (χ2n) is 35.6. The highest BCUT2D eigenvalue weighted by molar-refractivity contribution is 8.77. The first-order valence-corrected chi connectivity index (χ1v) is 51.3. The van der Waals surface area contributed by atoms with E-state index in [0.717, 1.165) is 57.6 Å². The van der Waals surface area contributed by atoms with Crippen LogP contribution in [0.25, 0.3) is 21.8 Å². The van der Waals surface area contributed by atoms with Crippen LogP contribution in [0.1, 0.15) is 157 Å². The first kappa shape index (κ1) is 116. The number of methoxy groups -OCH3 is 1. The number of aromatic nitrogens is 3. The molecule has 6 aromatic rings. The number of terminal acetylenes is 1. The van der Waals surface area contributed by atoms with Crippen LogP contribution in [0.5, 0.6) is 5.75 Å². The van der Waals surface area contributed by atoms with Gasteiger partial charge in [0.2, 0.25) is 23.7 Å². The number of rotatable bonds is 46. The summed E-state index contributed by atoms with van der Waals surface area (Å²) in [6.07, 6.45) is 12.2. The number of carboxylic acid groups (broad SMARTS) is 2. The molecule has 42 nitrogen and oxygen atoms in total. The molecule has 0 radical (unpaired) electrons. The number of amides is 4. The number of H-pyrrole nitrogens is 2. The van der Waals surface area contributed by atoms with Crippen molar-refractivity contribution in [2.24, 2.45) is 23.2 Å². The number of hydrazine groups is 1. The summed E-state index contributed by atoms with van der Waals surface area (Å²) in [6, 6.07) is 17.6. The number of anilines is 3. The summed E-state index contributed by atoms with van der Waals surface area (Å²) in [5.41, 5.74) is 11.1. The number of aromatic amines is 2. The lowest BCUT2D eigenvalue weighted by atomic mass is 9.46. The molecule has 5 aliphatic heterocycles. The number of ketones is 2. The molecule has 143 heavy (non-hydrogen) atoms. The SMILES string of the molecule is C#CCN(Cc1ccc2nc(N)[nH]c(=O)c2c1)c1ccc(C(=O)NC(CCC(=O)OCCSSCCC(=O)C[C@@H](C)C(=O)N[C@@H](C)C(=O)C[C@@H](C)C(=O)N[C@@H](CC)C(=O)O)C(=O)O)cc1.CC[C@]1(O)CC2CN(CCc3c([nH]c4ccccc34)[C@@](COC=O)(c3cc4c(cc3OC)N(C)[C@@H]3[C@]45CCN4CC=C[C@@](CC)([C@@H](O)[C@]3(O)[C@H](NNO)C(=O)OCCSSCCC(=O)NC)[C@H]45)C2)C1.O=C=O.O=C=O.O=C=O. The summed E-state index contributed by atoms with van der Waals surface area (Å²) in [5.74, 6) is -3.00. The first-order valence-electron chi connectivity index (χ1n) is 46.3. The highest BCUT2D eigenvalue weighted by Crippen LogP contribution is 2.68. The number of carbonyl (C=O) groups excluding carboxylic acids is 15. The van der Waals surface area contributed by atoms with E-state index in [2.05, 4.69) is 75.6 Å². The third kappa shape index (κ3) is 28.1. The van der Waals surface area contributed by atoms with Crippen LogP contribution in [-0.4, -0.2) is 296 Å². The van der Waals surface area contributed by atoms with Gasteiger partial charge >= 0.3 is 42.3 Å². The van der Waals surface area contributed by atoms with Crippen molar-refractivity contribution in [1.82, 2.24) is 57.0 Å². The van der Waals surface area contributed by atoms with Gasteiger partial charge in [0.05, 0.1) is 53.8 Å². The molecule has 16 N–H and O–H groups in total. The van der Waals surface area contributed by atoms with Crippen molar-refractivity contribution in [3.05, 3.63) is 135 Å². The Labute approximate surface area is 840 Å². The summed E-state index contributed by atoms with van der Waals surface area (Å²) >= 11 is 0. The Morgan fingerprint density at radius 3 is 2.04 bits per heavy atom. The zero-order valence-corrected chi connectivity index (χ0v) is 84.1. The fourth-order valence-corrected chi connectivity index (χ4v) is 24.1. The number of nitrogens with zero attached hydrogens (tertiary/aromatic N) is 5. The number of carbonyl (C=O) groups is 11. The van der Waals surface area contributed by atoms with Crippen molar-refractivity contribution < 1.29 is 131 Å². The second-order valence-corrected chi connectivity index (χ2v) is 41.0. The van der Waals surface area contributed by atoms with Crippen LogP contribution in [0.2, 0.25) is 0 Å². The molecule has 1 saturated carbocycles. The van der Waals surface area contributed by atoms with E-state index in [1.54, 1.807) is 58.3 Å². The number of aliphatic carboxylic acids is 2. The van der Waals surface area contributed by atoms with Gasteiger partial charge in [0, 0.05) is 176 Å². The molecular weight excluding hydrogens is 1940 g/mol. The van der Waals surface area contributed by atoms with E-state index in [4.69, 9.17) is 65.0 Å². The Morgan fingerprint density at radius 1 is 0.762 bits per heavy atom. The van der Waals surface area contributed by atoms with Crippen LogP contribution >= 0.6 is 43.2 Å². The zero-order valence-electron chi connectivity index (χ0n) is 80.8. The van der Waals surface area contributed by atoms with Crippen molar-refractivity contribution in [3.8, 4) is 18.1 Å². The lowest BCUT2D eigenvalue weighted by Gasteiger charge is -2.65. The molecule has 1 spiro atoms. The van der Waals surface area contributed by atoms with E-state index >= 15 is 0 Å². The Morgan fingerprint density at radius 2 is 1.41 bits per heavy atom. The van der Waals surface area contributed by atoms with Crippen molar-refractivity contribution in [3.63, 3.8) is 0 Å². The molecule has 3 unspecified atom stereocenters. The number of ether oxygens (including phenoxy) is 4. The maximum atomic E-state index is 14.6. The summed E-state index contributed by atoms with van der Waals surface area (Å²) in [6.45, 7) is 14.5. The number of hydrogen-bond acceptors (Lipinski definition) is 38. The second kappa shape index (κ2) is 54.5. The Bertz CT molecular complexity index is 5700.